The van der Waals surface area contributed by atoms with Crippen molar-refractivity contribution in [2.75, 3.05) is 13.2 Å². The summed E-state index contributed by atoms with van der Waals surface area (Å²) >= 11 is 0. The van der Waals surface area contributed by atoms with E-state index < -0.39 is 6.10 Å². The van der Waals surface area contributed by atoms with E-state index in [0.717, 1.165) is 83.5 Å². The molecule has 6 heteroatoms. The Balaban J connectivity index is 4.18. The summed E-state index contributed by atoms with van der Waals surface area (Å²) in [6.45, 7) is 6.56. The number of carbonyl (C=O) groups excluding carboxylic acids is 3. The van der Waals surface area contributed by atoms with Gasteiger partial charge in [-0.3, -0.25) is 14.4 Å². The van der Waals surface area contributed by atoms with E-state index in [9.17, 15) is 14.4 Å². The van der Waals surface area contributed by atoms with Crippen molar-refractivity contribution in [2.24, 2.45) is 0 Å². The first-order chi connectivity index (χ1) is 36.0. The Morgan fingerprint density at radius 2 is 0.534 bits per heavy atom. The Morgan fingerprint density at radius 3 is 0.836 bits per heavy atom. The van der Waals surface area contributed by atoms with Gasteiger partial charge < -0.3 is 14.2 Å². The predicted octanol–water partition coefficient (Wildman–Crippen LogP) is 21.8. The molecule has 0 radical (unpaired) electrons. The average Bonchev–Trinajstić information content (AvgIpc) is 3.39. The molecule has 1 atom stereocenters. The fourth-order valence-electron chi connectivity index (χ4n) is 9.56. The van der Waals surface area contributed by atoms with Crippen molar-refractivity contribution < 1.29 is 28.6 Å². The number of esters is 3. The van der Waals surface area contributed by atoms with E-state index in [1.165, 1.54) is 218 Å². The van der Waals surface area contributed by atoms with Gasteiger partial charge in [0.25, 0.3) is 0 Å². The van der Waals surface area contributed by atoms with Crippen molar-refractivity contribution in [2.45, 2.75) is 348 Å². The minimum absolute atomic E-state index is 0.0695. The van der Waals surface area contributed by atoms with Crippen LogP contribution in [0.15, 0.2) is 48.6 Å². The van der Waals surface area contributed by atoms with Crippen LogP contribution in [-0.2, 0) is 28.6 Å². The summed E-state index contributed by atoms with van der Waals surface area (Å²) in [5, 5.41) is 0. The van der Waals surface area contributed by atoms with Gasteiger partial charge in [0.1, 0.15) is 13.2 Å². The van der Waals surface area contributed by atoms with Gasteiger partial charge in [-0.05, 0) is 57.8 Å². The van der Waals surface area contributed by atoms with Gasteiger partial charge in [0, 0.05) is 19.3 Å². The summed E-state index contributed by atoms with van der Waals surface area (Å²) in [6.07, 6.45) is 77.0. The molecule has 0 bridgehead atoms. The van der Waals surface area contributed by atoms with E-state index in [-0.39, 0.29) is 31.1 Å². The molecule has 0 N–H and O–H groups in total. The minimum atomic E-state index is -0.771. The van der Waals surface area contributed by atoms with E-state index in [0.29, 0.717) is 19.3 Å². The van der Waals surface area contributed by atoms with E-state index in [1.54, 1.807) is 0 Å². The topological polar surface area (TPSA) is 78.9 Å². The fraction of sp³-hybridized carbons (Fsp3) is 0.836. The quantitative estimate of drug-likeness (QED) is 0.0261. The maximum Gasteiger partial charge on any atom is 0.306 e. The van der Waals surface area contributed by atoms with Crippen LogP contribution < -0.4 is 0 Å². The largest absolute Gasteiger partial charge is 0.462 e. The molecule has 0 amide bonds. The van der Waals surface area contributed by atoms with Crippen LogP contribution in [0, 0.1) is 0 Å². The molecule has 73 heavy (non-hydrogen) atoms. The second-order valence-electron chi connectivity index (χ2n) is 21.7. The smallest absolute Gasteiger partial charge is 0.306 e. The van der Waals surface area contributed by atoms with Crippen LogP contribution in [0.3, 0.4) is 0 Å². The molecule has 426 valence electrons. The molecule has 0 rings (SSSR count). The van der Waals surface area contributed by atoms with Crippen molar-refractivity contribution in [3.05, 3.63) is 48.6 Å². The van der Waals surface area contributed by atoms with Crippen molar-refractivity contribution in [1.82, 2.24) is 0 Å². The van der Waals surface area contributed by atoms with Gasteiger partial charge in [0.15, 0.2) is 6.10 Å². The number of hydrogen-bond acceptors (Lipinski definition) is 6. The third kappa shape index (κ3) is 60.1. The third-order valence-corrected chi connectivity index (χ3v) is 14.3. The highest BCUT2D eigenvalue weighted by Gasteiger charge is 2.19. The monoisotopic (exact) mass is 1020 g/mol. The number of carbonyl (C=O) groups is 3. The van der Waals surface area contributed by atoms with Gasteiger partial charge in [0.2, 0.25) is 0 Å². The maximum atomic E-state index is 12.9. The normalized spacial score (nSPS) is 12.3. The van der Waals surface area contributed by atoms with Crippen LogP contribution in [0.25, 0.3) is 0 Å². The lowest BCUT2D eigenvalue weighted by Crippen LogP contribution is -2.30. The summed E-state index contributed by atoms with van der Waals surface area (Å²) in [6, 6.07) is 0. The van der Waals surface area contributed by atoms with Crippen molar-refractivity contribution in [3.63, 3.8) is 0 Å². The van der Waals surface area contributed by atoms with Crippen LogP contribution in [0.5, 0.6) is 0 Å². The highest BCUT2D eigenvalue weighted by molar-refractivity contribution is 5.71. The first kappa shape index (κ1) is 70.4. The number of allylic oxidation sites excluding steroid dienone is 8. The summed E-state index contributed by atoms with van der Waals surface area (Å²) in [4.78, 5) is 38.2. The average molecular weight is 1020 g/mol. The van der Waals surface area contributed by atoms with E-state index in [2.05, 4.69) is 69.4 Å². The molecule has 0 aromatic heterocycles. The van der Waals surface area contributed by atoms with Crippen molar-refractivity contribution >= 4 is 17.9 Å². The molecule has 1 unspecified atom stereocenters. The number of rotatable bonds is 59. The first-order valence-electron chi connectivity index (χ1n) is 32.1. The van der Waals surface area contributed by atoms with Crippen LogP contribution in [0.4, 0.5) is 0 Å². The maximum absolute atomic E-state index is 12.9. The summed E-state index contributed by atoms with van der Waals surface area (Å²) in [5.74, 6) is -0.855. The molecule has 0 heterocycles. The lowest BCUT2D eigenvalue weighted by atomic mass is 10.0. The number of hydrogen-bond donors (Lipinski definition) is 0. The lowest BCUT2D eigenvalue weighted by Gasteiger charge is -2.18. The zero-order valence-electron chi connectivity index (χ0n) is 48.9. The molecule has 6 nitrogen and oxygen atoms in total. The Hall–Kier alpha value is -2.63. The van der Waals surface area contributed by atoms with Crippen LogP contribution in [-0.4, -0.2) is 37.2 Å². The summed E-state index contributed by atoms with van der Waals surface area (Å²) in [5.41, 5.74) is 0. The minimum Gasteiger partial charge on any atom is -0.462 e. The van der Waals surface area contributed by atoms with Gasteiger partial charge in [-0.25, -0.2) is 0 Å². The Kier molecular flexibility index (Phi) is 59.7. The Labute approximate surface area is 454 Å². The van der Waals surface area contributed by atoms with Gasteiger partial charge in [0.05, 0.1) is 0 Å². The second-order valence-corrected chi connectivity index (χ2v) is 21.7. The molecule has 0 aromatic carbocycles. The molecule has 0 saturated carbocycles. The highest BCUT2D eigenvalue weighted by Crippen LogP contribution is 2.18. The van der Waals surface area contributed by atoms with Crippen molar-refractivity contribution in [1.29, 1.82) is 0 Å². The SMILES string of the molecule is CC/C=C\C/C=C\C/C=C\C/C=C\CCCCCCCCCCCCC(=O)OCC(COC(=O)CCCCCCCCCCC)OC(=O)CCCCCCCCCCCCCCCCCCCCCCCCC. The standard InChI is InChI=1S/C67H122O6/c1-4-7-10-13-16-19-21-23-25-27-29-31-33-35-37-39-41-43-45-48-51-54-57-60-66(69)72-63-64(62-71-65(68)59-56-53-50-47-18-15-12-9-6-3)73-67(70)61-58-55-52-49-46-44-42-40-38-36-34-32-30-28-26-24-22-20-17-14-11-8-5-2/h7,10,16,19,23,25,29,31,64H,4-6,8-9,11-15,17-18,20-22,24,26-28,30,32-63H2,1-3H3/b10-7-,19-16-,25-23-,31-29-. The third-order valence-electron chi connectivity index (χ3n) is 14.3. The molecular formula is C67H122O6. The zero-order chi connectivity index (χ0) is 52.9. The number of unbranched alkanes of at least 4 members (excludes halogenated alkanes) is 40. The van der Waals surface area contributed by atoms with E-state index >= 15 is 0 Å². The molecule has 0 aliphatic carbocycles. The lowest BCUT2D eigenvalue weighted by molar-refractivity contribution is -0.167. The van der Waals surface area contributed by atoms with Crippen molar-refractivity contribution in [3.8, 4) is 0 Å². The molecule has 0 aliphatic rings. The molecule has 0 aliphatic heterocycles. The van der Waals surface area contributed by atoms with Crippen LogP contribution >= 0.6 is 0 Å². The van der Waals surface area contributed by atoms with Gasteiger partial charge in [-0.2, -0.15) is 0 Å². The highest BCUT2D eigenvalue weighted by atomic mass is 16.6. The van der Waals surface area contributed by atoms with Crippen LogP contribution in [0.2, 0.25) is 0 Å². The van der Waals surface area contributed by atoms with Gasteiger partial charge in [-0.1, -0.05) is 313 Å². The Morgan fingerprint density at radius 1 is 0.288 bits per heavy atom. The summed E-state index contributed by atoms with van der Waals surface area (Å²) in [7, 11) is 0. The zero-order valence-corrected chi connectivity index (χ0v) is 48.9. The predicted molar refractivity (Wildman–Crippen MR) is 316 cm³/mol. The second kappa shape index (κ2) is 61.9. The molecule has 0 fully saturated rings. The first-order valence-corrected chi connectivity index (χ1v) is 32.1. The molecule has 0 spiro atoms. The van der Waals surface area contributed by atoms with E-state index in [4.69, 9.17) is 14.2 Å². The van der Waals surface area contributed by atoms with Crippen LogP contribution in [0.1, 0.15) is 342 Å². The fourth-order valence-corrected chi connectivity index (χ4v) is 9.56. The van der Waals surface area contributed by atoms with Gasteiger partial charge in [-0.15, -0.1) is 0 Å². The molecule has 0 aromatic rings. The molecule has 0 saturated heterocycles. The summed E-state index contributed by atoms with van der Waals surface area (Å²) < 4.78 is 16.9. The van der Waals surface area contributed by atoms with E-state index in [1.807, 2.05) is 0 Å². The molecular weight excluding hydrogens is 901 g/mol. The Bertz CT molecular complexity index is 1270. The van der Waals surface area contributed by atoms with Gasteiger partial charge >= 0.3 is 17.9 Å². The number of ether oxygens (including phenoxy) is 3.